The molecule has 0 saturated heterocycles. The number of thioether (sulfide) groups is 1. The van der Waals surface area contributed by atoms with E-state index in [4.69, 9.17) is 10.5 Å². The standard InChI is InChI=1S/C11H17NO2S/c1-14-7-10(13)8-15-11-4-2-9(6-12)3-5-11/h2-5,10,13H,6-8,12H2,1H3. The number of aliphatic hydroxyl groups is 1. The number of methoxy groups -OCH3 is 1. The molecule has 1 atom stereocenters. The third-order valence-electron chi connectivity index (χ3n) is 1.96. The summed E-state index contributed by atoms with van der Waals surface area (Å²) in [7, 11) is 1.59. The quantitative estimate of drug-likeness (QED) is 0.718. The van der Waals surface area contributed by atoms with Crippen molar-refractivity contribution in [3.63, 3.8) is 0 Å². The lowest BCUT2D eigenvalue weighted by molar-refractivity contribution is 0.0794. The van der Waals surface area contributed by atoms with E-state index in [1.165, 1.54) is 0 Å². The zero-order valence-corrected chi connectivity index (χ0v) is 9.67. The second kappa shape index (κ2) is 6.85. The maximum absolute atomic E-state index is 9.45. The van der Waals surface area contributed by atoms with Crippen molar-refractivity contribution in [2.75, 3.05) is 19.5 Å². The third-order valence-corrected chi connectivity index (χ3v) is 3.12. The first-order valence-electron chi connectivity index (χ1n) is 4.85. The molecule has 0 aliphatic carbocycles. The van der Waals surface area contributed by atoms with Crippen molar-refractivity contribution in [2.24, 2.45) is 5.73 Å². The molecule has 4 heteroatoms. The molecule has 0 aliphatic rings. The molecule has 0 aromatic heterocycles. The van der Waals surface area contributed by atoms with E-state index in [9.17, 15) is 5.11 Å². The molecule has 1 aromatic rings. The second-order valence-electron chi connectivity index (χ2n) is 3.27. The van der Waals surface area contributed by atoms with Crippen LogP contribution < -0.4 is 5.73 Å². The number of nitrogens with two attached hydrogens (primary N) is 1. The minimum Gasteiger partial charge on any atom is -0.390 e. The molecule has 15 heavy (non-hydrogen) atoms. The Hall–Kier alpha value is -0.550. The number of ether oxygens (including phenoxy) is 1. The Morgan fingerprint density at radius 1 is 1.40 bits per heavy atom. The molecule has 0 amide bonds. The van der Waals surface area contributed by atoms with Gasteiger partial charge in [0.15, 0.2) is 0 Å². The minimum absolute atomic E-state index is 0.383. The Balaban J connectivity index is 2.37. The van der Waals surface area contributed by atoms with E-state index in [1.54, 1.807) is 18.9 Å². The van der Waals surface area contributed by atoms with Crippen molar-refractivity contribution in [3.8, 4) is 0 Å². The Morgan fingerprint density at radius 3 is 2.60 bits per heavy atom. The van der Waals surface area contributed by atoms with Gasteiger partial charge in [0.1, 0.15) is 0 Å². The van der Waals surface area contributed by atoms with Gasteiger partial charge in [-0.1, -0.05) is 12.1 Å². The smallest absolute Gasteiger partial charge is 0.0867 e. The van der Waals surface area contributed by atoms with Gasteiger partial charge in [-0.15, -0.1) is 11.8 Å². The zero-order chi connectivity index (χ0) is 11.1. The summed E-state index contributed by atoms with van der Waals surface area (Å²) in [5.41, 5.74) is 6.62. The Kier molecular flexibility index (Phi) is 5.71. The van der Waals surface area contributed by atoms with Crippen molar-refractivity contribution < 1.29 is 9.84 Å². The highest BCUT2D eigenvalue weighted by Gasteiger charge is 2.03. The van der Waals surface area contributed by atoms with Gasteiger partial charge in [0, 0.05) is 24.3 Å². The normalized spacial score (nSPS) is 12.7. The van der Waals surface area contributed by atoms with Crippen LogP contribution >= 0.6 is 11.8 Å². The highest BCUT2D eigenvalue weighted by molar-refractivity contribution is 7.99. The summed E-state index contributed by atoms with van der Waals surface area (Å²) in [4.78, 5) is 1.14. The van der Waals surface area contributed by atoms with Gasteiger partial charge in [0.2, 0.25) is 0 Å². The van der Waals surface area contributed by atoms with Crippen LogP contribution in [0.2, 0.25) is 0 Å². The van der Waals surface area contributed by atoms with Gasteiger partial charge in [-0.25, -0.2) is 0 Å². The van der Waals surface area contributed by atoms with Gasteiger partial charge in [-0.3, -0.25) is 0 Å². The summed E-state index contributed by atoms with van der Waals surface area (Å²) >= 11 is 1.62. The summed E-state index contributed by atoms with van der Waals surface area (Å²) in [5, 5.41) is 9.45. The summed E-state index contributed by atoms with van der Waals surface area (Å²) in [6, 6.07) is 8.05. The molecule has 1 aromatic carbocycles. The fourth-order valence-electron chi connectivity index (χ4n) is 1.15. The predicted molar refractivity (Wildman–Crippen MR) is 62.9 cm³/mol. The molecule has 0 radical (unpaired) electrons. The third kappa shape index (κ3) is 4.66. The molecule has 1 unspecified atom stereocenters. The molecule has 0 bridgehead atoms. The Bertz CT molecular complexity index is 276. The van der Waals surface area contributed by atoms with Crippen molar-refractivity contribution in [1.82, 2.24) is 0 Å². The lowest BCUT2D eigenvalue weighted by atomic mass is 10.2. The molecule has 0 spiro atoms. The molecule has 3 N–H and O–H groups in total. The van der Waals surface area contributed by atoms with Crippen LogP contribution in [0.1, 0.15) is 5.56 Å². The topological polar surface area (TPSA) is 55.5 Å². The molecular weight excluding hydrogens is 210 g/mol. The summed E-state index contributed by atoms with van der Waals surface area (Å²) in [5.74, 6) is 0.649. The van der Waals surface area contributed by atoms with Crippen LogP contribution in [0.3, 0.4) is 0 Å². The van der Waals surface area contributed by atoms with E-state index < -0.39 is 6.10 Å². The van der Waals surface area contributed by atoms with E-state index >= 15 is 0 Å². The average molecular weight is 227 g/mol. The van der Waals surface area contributed by atoms with Gasteiger partial charge in [-0.2, -0.15) is 0 Å². The van der Waals surface area contributed by atoms with E-state index in [0.717, 1.165) is 10.5 Å². The molecule has 84 valence electrons. The van der Waals surface area contributed by atoms with Crippen LogP contribution in [0.25, 0.3) is 0 Å². The monoisotopic (exact) mass is 227 g/mol. The first-order valence-corrected chi connectivity index (χ1v) is 5.83. The lowest BCUT2D eigenvalue weighted by Gasteiger charge is -2.08. The van der Waals surface area contributed by atoms with Crippen molar-refractivity contribution in [3.05, 3.63) is 29.8 Å². The molecule has 0 heterocycles. The predicted octanol–water partition coefficient (Wildman–Crippen LogP) is 1.24. The van der Waals surface area contributed by atoms with E-state index in [0.29, 0.717) is 18.9 Å². The highest BCUT2D eigenvalue weighted by atomic mass is 32.2. The largest absolute Gasteiger partial charge is 0.390 e. The van der Waals surface area contributed by atoms with Gasteiger partial charge >= 0.3 is 0 Å². The maximum atomic E-state index is 9.45. The molecule has 0 aliphatic heterocycles. The number of rotatable bonds is 6. The van der Waals surface area contributed by atoms with Crippen molar-refractivity contribution >= 4 is 11.8 Å². The van der Waals surface area contributed by atoms with Crippen LogP contribution in [0.5, 0.6) is 0 Å². The van der Waals surface area contributed by atoms with Gasteiger partial charge in [0.25, 0.3) is 0 Å². The number of aliphatic hydroxyl groups excluding tert-OH is 1. The fourth-order valence-corrected chi connectivity index (χ4v) is 1.96. The van der Waals surface area contributed by atoms with Gasteiger partial charge < -0.3 is 15.6 Å². The fraction of sp³-hybridized carbons (Fsp3) is 0.455. The van der Waals surface area contributed by atoms with E-state index in [1.807, 2.05) is 24.3 Å². The number of hydrogen-bond donors (Lipinski definition) is 2. The molecular formula is C11H17NO2S. The van der Waals surface area contributed by atoms with Crippen molar-refractivity contribution in [2.45, 2.75) is 17.5 Å². The second-order valence-corrected chi connectivity index (χ2v) is 4.36. The number of hydrogen-bond acceptors (Lipinski definition) is 4. The van der Waals surface area contributed by atoms with Gasteiger partial charge in [-0.05, 0) is 17.7 Å². The lowest BCUT2D eigenvalue weighted by Crippen LogP contribution is -2.16. The van der Waals surface area contributed by atoms with Crippen LogP contribution in [0, 0.1) is 0 Å². The zero-order valence-electron chi connectivity index (χ0n) is 8.85. The molecule has 0 saturated carbocycles. The van der Waals surface area contributed by atoms with Crippen LogP contribution in [-0.2, 0) is 11.3 Å². The molecule has 1 rings (SSSR count). The first kappa shape index (κ1) is 12.5. The SMILES string of the molecule is COCC(O)CSc1ccc(CN)cc1. The summed E-state index contributed by atoms with van der Waals surface area (Å²) in [6.07, 6.45) is -0.408. The Labute approximate surface area is 94.6 Å². The maximum Gasteiger partial charge on any atom is 0.0867 e. The highest BCUT2D eigenvalue weighted by Crippen LogP contribution is 2.19. The van der Waals surface area contributed by atoms with Crippen LogP contribution in [0.4, 0.5) is 0 Å². The average Bonchev–Trinajstić information content (AvgIpc) is 2.27. The molecule has 0 fully saturated rings. The Morgan fingerprint density at radius 2 is 2.07 bits per heavy atom. The number of benzene rings is 1. The van der Waals surface area contributed by atoms with E-state index in [-0.39, 0.29) is 0 Å². The van der Waals surface area contributed by atoms with Crippen molar-refractivity contribution in [1.29, 1.82) is 0 Å². The molecule has 3 nitrogen and oxygen atoms in total. The van der Waals surface area contributed by atoms with Crippen LogP contribution in [-0.4, -0.2) is 30.7 Å². The first-order chi connectivity index (χ1) is 7.26. The minimum atomic E-state index is -0.408. The van der Waals surface area contributed by atoms with Gasteiger partial charge in [0.05, 0.1) is 12.7 Å². The summed E-state index contributed by atoms with van der Waals surface area (Å²) in [6.45, 7) is 0.950. The summed E-state index contributed by atoms with van der Waals surface area (Å²) < 4.78 is 4.85. The van der Waals surface area contributed by atoms with Crippen LogP contribution in [0.15, 0.2) is 29.2 Å². The van der Waals surface area contributed by atoms with E-state index in [2.05, 4.69) is 0 Å².